The molecule has 5 rings (SSSR count). The summed E-state index contributed by atoms with van der Waals surface area (Å²) >= 11 is 0. The first-order valence-corrected chi connectivity index (χ1v) is 10.1. The molecule has 2 aromatic carbocycles. The summed E-state index contributed by atoms with van der Waals surface area (Å²) in [6.07, 6.45) is 3.10. The third-order valence-corrected chi connectivity index (χ3v) is 5.73. The Morgan fingerprint density at radius 1 is 1.13 bits per heavy atom. The van der Waals surface area contributed by atoms with Crippen molar-refractivity contribution in [1.29, 1.82) is 0 Å². The molecule has 0 radical (unpaired) electrons. The van der Waals surface area contributed by atoms with Gasteiger partial charge in [0.1, 0.15) is 6.04 Å². The van der Waals surface area contributed by atoms with Crippen molar-refractivity contribution in [2.45, 2.75) is 37.6 Å². The Morgan fingerprint density at radius 3 is 2.70 bits per heavy atom. The number of hydrogen-bond donors (Lipinski definition) is 0. The summed E-state index contributed by atoms with van der Waals surface area (Å²) in [4.78, 5) is 19.9. The van der Waals surface area contributed by atoms with Crippen molar-refractivity contribution in [3.8, 4) is 11.5 Å². The van der Waals surface area contributed by atoms with Crippen LogP contribution in [0, 0.1) is 0 Å². The Balaban J connectivity index is 1.45. The van der Waals surface area contributed by atoms with Gasteiger partial charge in [-0.05, 0) is 42.2 Å². The predicted molar refractivity (Wildman–Crippen MR) is 110 cm³/mol. The van der Waals surface area contributed by atoms with E-state index < -0.39 is 0 Å². The van der Waals surface area contributed by atoms with E-state index in [0.29, 0.717) is 29.7 Å². The molecule has 1 atom stereocenters. The van der Waals surface area contributed by atoms with Gasteiger partial charge in [-0.2, -0.15) is 4.98 Å². The van der Waals surface area contributed by atoms with E-state index in [1.807, 2.05) is 42.5 Å². The minimum absolute atomic E-state index is 0.0247. The van der Waals surface area contributed by atoms with Crippen molar-refractivity contribution < 1.29 is 18.8 Å². The largest absolute Gasteiger partial charge is 0.493 e. The minimum atomic E-state index is -0.282. The van der Waals surface area contributed by atoms with Crippen molar-refractivity contribution in [3.05, 3.63) is 65.3 Å². The Labute approximate surface area is 174 Å². The lowest BCUT2D eigenvalue weighted by molar-refractivity contribution is -0.118. The second-order valence-corrected chi connectivity index (χ2v) is 7.74. The first-order chi connectivity index (χ1) is 14.7. The molecule has 7 nitrogen and oxygen atoms in total. The standard InChI is InChI=1S/C23H23N3O4/c1-28-19-10-7-14(11-20(19)29-2)12-21(27)26-17-6-4-3-5-16(17)13-18(26)23-24-22(25-30-23)15-8-9-15/h3-7,10-11,15,18H,8-9,12-13H2,1-2H3/t18-/m0/s1. The summed E-state index contributed by atoms with van der Waals surface area (Å²) < 4.78 is 16.3. The molecule has 1 fully saturated rings. The maximum absolute atomic E-state index is 13.4. The molecule has 1 aliphatic carbocycles. The maximum Gasteiger partial charge on any atom is 0.250 e. The summed E-state index contributed by atoms with van der Waals surface area (Å²) in [6, 6.07) is 13.2. The van der Waals surface area contributed by atoms with Gasteiger partial charge in [0.25, 0.3) is 0 Å². The number of ether oxygens (including phenoxy) is 2. The van der Waals surface area contributed by atoms with Crippen LogP contribution in [-0.2, 0) is 17.6 Å². The highest BCUT2D eigenvalue weighted by atomic mass is 16.5. The zero-order valence-electron chi connectivity index (χ0n) is 17.0. The number of amides is 1. The zero-order valence-corrected chi connectivity index (χ0v) is 17.0. The van der Waals surface area contributed by atoms with Crippen molar-refractivity contribution in [3.63, 3.8) is 0 Å². The second kappa shape index (κ2) is 7.48. The number of para-hydroxylation sites is 1. The Bertz CT molecular complexity index is 1090. The van der Waals surface area contributed by atoms with Crippen LogP contribution in [0.2, 0.25) is 0 Å². The minimum Gasteiger partial charge on any atom is -0.493 e. The molecule has 1 saturated carbocycles. The van der Waals surface area contributed by atoms with Crippen LogP contribution in [-0.4, -0.2) is 30.3 Å². The van der Waals surface area contributed by atoms with Crippen LogP contribution in [0.4, 0.5) is 5.69 Å². The number of nitrogens with zero attached hydrogens (tertiary/aromatic N) is 3. The molecule has 3 aromatic rings. The monoisotopic (exact) mass is 405 g/mol. The molecule has 0 N–H and O–H groups in total. The summed E-state index contributed by atoms with van der Waals surface area (Å²) in [5, 5.41) is 4.15. The van der Waals surface area contributed by atoms with Crippen molar-refractivity contribution in [2.24, 2.45) is 0 Å². The van der Waals surface area contributed by atoms with E-state index in [1.54, 1.807) is 19.1 Å². The number of aromatic nitrogens is 2. The van der Waals surface area contributed by atoms with E-state index in [2.05, 4.69) is 10.1 Å². The highest BCUT2D eigenvalue weighted by Gasteiger charge is 2.39. The fraction of sp³-hybridized carbons (Fsp3) is 0.348. The molecular formula is C23H23N3O4. The number of benzene rings is 2. The van der Waals surface area contributed by atoms with Gasteiger partial charge in [0.05, 0.1) is 20.6 Å². The molecule has 1 aromatic heterocycles. The molecule has 2 heterocycles. The maximum atomic E-state index is 13.4. The first kappa shape index (κ1) is 18.7. The second-order valence-electron chi connectivity index (χ2n) is 7.74. The van der Waals surface area contributed by atoms with Gasteiger partial charge in [-0.3, -0.25) is 9.69 Å². The van der Waals surface area contributed by atoms with Crippen LogP contribution >= 0.6 is 0 Å². The lowest BCUT2D eigenvalue weighted by Crippen LogP contribution is -2.33. The van der Waals surface area contributed by atoms with E-state index in [0.717, 1.165) is 35.5 Å². The number of anilines is 1. The fourth-order valence-corrected chi connectivity index (χ4v) is 4.03. The van der Waals surface area contributed by atoms with Gasteiger partial charge >= 0.3 is 0 Å². The Kier molecular flexibility index (Phi) is 4.65. The molecular weight excluding hydrogens is 382 g/mol. The van der Waals surface area contributed by atoms with Gasteiger partial charge in [0, 0.05) is 18.0 Å². The summed E-state index contributed by atoms with van der Waals surface area (Å²) in [7, 11) is 3.18. The highest BCUT2D eigenvalue weighted by molar-refractivity contribution is 5.97. The normalized spacial score (nSPS) is 17.7. The van der Waals surface area contributed by atoms with Crippen molar-refractivity contribution in [2.75, 3.05) is 19.1 Å². The van der Waals surface area contributed by atoms with Crippen molar-refractivity contribution >= 4 is 11.6 Å². The number of methoxy groups -OCH3 is 2. The topological polar surface area (TPSA) is 77.7 Å². The molecule has 154 valence electrons. The molecule has 0 saturated heterocycles. The Morgan fingerprint density at radius 2 is 1.93 bits per heavy atom. The van der Waals surface area contributed by atoms with Crippen molar-refractivity contribution in [1.82, 2.24) is 10.1 Å². The molecule has 7 heteroatoms. The van der Waals surface area contributed by atoms with Gasteiger partial charge < -0.3 is 14.0 Å². The molecule has 0 unspecified atom stereocenters. The third kappa shape index (κ3) is 3.30. The summed E-state index contributed by atoms with van der Waals surface area (Å²) in [5.74, 6) is 2.89. The van der Waals surface area contributed by atoms with Gasteiger partial charge in [-0.25, -0.2) is 0 Å². The molecule has 1 aliphatic heterocycles. The van der Waals surface area contributed by atoms with E-state index >= 15 is 0 Å². The van der Waals surface area contributed by atoms with Crippen LogP contribution < -0.4 is 14.4 Å². The van der Waals surface area contributed by atoms with Gasteiger partial charge in [-0.15, -0.1) is 0 Å². The molecule has 0 bridgehead atoms. The van der Waals surface area contributed by atoms with Gasteiger partial charge in [-0.1, -0.05) is 29.4 Å². The molecule has 1 amide bonds. The highest BCUT2D eigenvalue weighted by Crippen LogP contribution is 2.42. The molecule has 2 aliphatic rings. The number of carbonyl (C=O) groups is 1. The van der Waals surface area contributed by atoms with E-state index in [1.165, 1.54) is 0 Å². The third-order valence-electron chi connectivity index (χ3n) is 5.73. The average Bonchev–Trinajstić information content (AvgIpc) is 3.37. The van der Waals surface area contributed by atoms with Crippen LogP contribution in [0.5, 0.6) is 11.5 Å². The predicted octanol–water partition coefficient (Wildman–Crippen LogP) is 3.84. The fourth-order valence-electron chi connectivity index (χ4n) is 4.03. The van der Waals surface area contributed by atoms with Gasteiger partial charge in [0.15, 0.2) is 17.3 Å². The van der Waals surface area contributed by atoms with Crippen LogP contribution in [0.1, 0.15) is 47.6 Å². The quantitative estimate of drug-likeness (QED) is 0.620. The number of rotatable bonds is 6. The summed E-state index contributed by atoms with van der Waals surface area (Å²) in [5.41, 5.74) is 2.86. The van der Waals surface area contributed by atoms with E-state index in [4.69, 9.17) is 14.0 Å². The van der Waals surface area contributed by atoms with Gasteiger partial charge in [0.2, 0.25) is 11.8 Å². The number of fused-ring (bicyclic) bond motifs is 1. The average molecular weight is 405 g/mol. The SMILES string of the molecule is COc1ccc(CC(=O)N2c3ccccc3C[C@H]2c2nc(C3CC3)no2)cc1OC. The summed E-state index contributed by atoms with van der Waals surface area (Å²) in [6.45, 7) is 0. The van der Waals surface area contributed by atoms with Crippen LogP contribution in [0.15, 0.2) is 47.0 Å². The molecule has 30 heavy (non-hydrogen) atoms. The van der Waals surface area contributed by atoms with Crippen LogP contribution in [0.25, 0.3) is 0 Å². The lowest BCUT2D eigenvalue weighted by Gasteiger charge is -2.23. The van der Waals surface area contributed by atoms with E-state index in [9.17, 15) is 4.79 Å². The number of carbonyl (C=O) groups excluding carboxylic acids is 1. The van der Waals surface area contributed by atoms with E-state index in [-0.39, 0.29) is 18.4 Å². The Hall–Kier alpha value is -3.35. The smallest absolute Gasteiger partial charge is 0.250 e. The molecule has 0 spiro atoms. The number of hydrogen-bond acceptors (Lipinski definition) is 6. The van der Waals surface area contributed by atoms with Crippen LogP contribution in [0.3, 0.4) is 0 Å². The zero-order chi connectivity index (χ0) is 20.7. The first-order valence-electron chi connectivity index (χ1n) is 10.1. The lowest BCUT2D eigenvalue weighted by atomic mass is 10.1.